The Morgan fingerprint density at radius 1 is 1.39 bits per heavy atom. The predicted octanol–water partition coefficient (Wildman–Crippen LogP) is 1.99. The Labute approximate surface area is 109 Å². The first-order valence-electron chi connectivity index (χ1n) is 5.98. The zero-order chi connectivity index (χ0) is 13.4. The lowest BCUT2D eigenvalue weighted by Gasteiger charge is -2.05. The van der Waals surface area contributed by atoms with Gasteiger partial charge in [0.25, 0.3) is 0 Å². The molecule has 0 fully saturated rings. The van der Waals surface area contributed by atoms with Crippen LogP contribution in [0.25, 0.3) is 0 Å². The van der Waals surface area contributed by atoms with Crippen molar-refractivity contribution in [1.29, 1.82) is 0 Å². The number of halogens is 1. The van der Waals surface area contributed by atoms with Crippen molar-refractivity contribution in [2.24, 2.45) is 0 Å². The number of unbranched alkanes of at least 4 members (excludes halogenated alkanes) is 1. The molecule has 1 rings (SSSR count). The summed E-state index contributed by atoms with van der Waals surface area (Å²) in [5.41, 5.74) is 0.386. The summed E-state index contributed by atoms with van der Waals surface area (Å²) in [6.07, 6.45) is 1.91. The van der Waals surface area contributed by atoms with Gasteiger partial charge in [-0.25, -0.2) is 4.39 Å². The number of carbonyl (C=O) groups excluding carboxylic acids is 1. The van der Waals surface area contributed by atoms with Gasteiger partial charge in [0.05, 0.1) is 5.75 Å². The van der Waals surface area contributed by atoms with Crippen LogP contribution in [0.1, 0.15) is 25.3 Å². The molecule has 5 heteroatoms. The fourth-order valence-electron chi connectivity index (χ4n) is 1.44. The molecule has 3 nitrogen and oxygen atoms in total. The van der Waals surface area contributed by atoms with E-state index in [4.69, 9.17) is 0 Å². The first-order valence-corrected chi connectivity index (χ1v) is 7.47. The summed E-state index contributed by atoms with van der Waals surface area (Å²) in [7, 11) is -1.37. The Balaban J connectivity index is 2.38. The van der Waals surface area contributed by atoms with Gasteiger partial charge in [-0.3, -0.25) is 9.00 Å². The third kappa shape index (κ3) is 5.40. The average Bonchev–Trinajstić information content (AvgIpc) is 2.32. The quantitative estimate of drug-likeness (QED) is 0.771. The van der Waals surface area contributed by atoms with Crippen molar-refractivity contribution >= 4 is 16.7 Å². The molecule has 0 radical (unpaired) electrons. The number of rotatable bonds is 7. The van der Waals surface area contributed by atoms with Gasteiger partial charge < -0.3 is 5.32 Å². The second-order valence-electron chi connectivity index (χ2n) is 4.02. The molecule has 18 heavy (non-hydrogen) atoms. The van der Waals surface area contributed by atoms with Crippen molar-refractivity contribution in [3.63, 3.8) is 0 Å². The molecular formula is C13H18FNO2S. The van der Waals surface area contributed by atoms with Crippen LogP contribution in [0, 0.1) is 5.82 Å². The molecule has 1 N–H and O–H groups in total. The second kappa shape index (κ2) is 7.97. The molecule has 0 saturated carbocycles. The summed E-state index contributed by atoms with van der Waals surface area (Å²) in [6, 6.07) is 6.19. The highest BCUT2D eigenvalue weighted by atomic mass is 32.2. The topological polar surface area (TPSA) is 46.2 Å². The normalized spacial score (nSPS) is 12.1. The molecule has 1 atom stereocenters. The maximum atomic E-state index is 13.3. The third-order valence-electron chi connectivity index (χ3n) is 2.42. The smallest absolute Gasteiger partial charge is 0.232 e. The van der Waals surface area contributed by atoms with Crippen LogP contribution in [0.2, 0.25) is 0 Å². The minimum Gasteiger partial charge on any atom is -0.355 e. The Morgan fingerprint density at radius 3 is 2.78 bits per heavy atom. The van der Waals surface area contributed by atoms with Gasteiger partial charge in [0.2, 0.25) is 5.91 Å². The first-order chi connectivity index (χ1) is 8.63. The third-order valence-corrected chi connectivity index (χ3v) is 3.64. The maximum Gasteiger partial charge on any atom is 0.232 e. The van der Waals surface area contributed by atoms with Crippen molar-refractivity contribution in [1.82, 2.24) is 5.32 Å². The molecule has 100 valence electrons. The van der Waals surface area contributed by atoms with Crippen LogP contribution < -0.4 is 5.32 Å². The molecule has 0 bridgehead atoms. The van der Waals surface area contributed by atoms with E-state index in [2.05, 4.69) is 5.32 Å². The first kappa shape index (κ1) is 14.8. The van der Waals surface area contributed by atoms with Crippen molar-refractivity contribution in [2.75, 3.05) is 12.3 Å². The van der Waals surface area contributed by atoms with Crippen molar-refractivity contribution in [2.45, 2.75) is 25.5 Å². The number of amides is 1. The minimum atomic E-state index is -1.37. The molecule has 0 spiro atoms. The largest absolute Gasteiger partial charge is 0.355 e. The predicted molar refractivity (Wildman–Crippen MR) is 71.0 cm³/mol. The molecule has 0 aliphatic heterocycles. The summed E-state index contributed by atoms with van der Waals surface area (Å²) >= 11 is 0. The lowest BCUT2D eigenvalue weighted by Crippen LogP contribution is -2.29. The molecule has 0 aromatic heterocycles. The Kier molecular flexibility index (Phi) is 6.57. The van der Waals surface area contributed by atoms with Crippen LogP contribution in [-0.2, 0) is 21.3 Å². The Morgan fingerprint density at radius 2 is 2.11 bits per heavy atom. The molecule has 1 unspecified atom stereocenters. The van der Waals surface area contributed by atoms with E-state index in [1.54, 1.807) is 18.2 Å². The molecule has 1 aromatic rings. The molecule has 0 saturated heterocycles. The Bertz CT molecular complexity index is 423. The highest BCUT2D eigenvalue weighted by Gasteiger charge is 2.10. The van der Waals surface area contributed by atoms with Gasteiger partial charge in [-0.15, -0.1) is 0 Å². The molecule has 0 aliphatic carbocycles. The number of nitrogens with one attached hydrogen (secondary N) is 1. The Hall–Kier alpha value is -1.23. The molecule has 0 aliphatic rings. The summed E-state index contributed by atoms with van der Waals surface area (Å²) < 4.78 is 25.0. The van der Waals surface area contributed by atoms with Crippen LogP contribution in [0.15, 0.2) is 24.3 Å². The van der Waals surface area contributed by atoms with E-state index in [0.29, 0.717) is 12.1 Å². The SMILES string of the molecule is CCCCNC(=O)CS(=O)Cc1ccccc1F. The van der Waals surface area contributed by atoms with Gasteiger partial charge in [0.1, 0.15) is 11.6 Å². The zero-order valence-electron chi connectivity index (χ0n) is 10.4. The fourth-order valence-corrected chi connectivity index (χ4v) is 2.52. The van der Waals surface area contributed by atoms with Gasteiger partial charge in [-0.2, -0.15) is 0 Å². The maximum absolute atomic E-state index is 13.3. The minimum absolute atomic E-state index is 0.0714. The molecule has 0 heterocycles. The van der Waals surface area contributed by atoms with Gasteiger partial charge in [-0.1, -0.05) is 31.5 Å². The number of hydrogen-bond donors (Lipinski definition) is 1. The fraction of sp³-hybridized carbons (Fsp3) is 0.462. The number of carbonyl (C=O) groups is 1. The van der Waals surface area contributed by atoms with E-state index in [1.165, 1.54) is 6.07 Å². The van der Waals surface area contributed by atoms with E-state index >= 15 is 0 Å². The molecular weight excluding hydrogens is 253 g/mol. The van der Waals surface area contributed by atoms with E-state index < -0.39 is 10.8 Å². The van der Waals surface area contributed by atoms with Crippen LogP contribution in [0.3, 0.4) is 0 Å². The van der Waals surface area contributed by atoms with Crippen molar-refractivity contribution < 1.29 is 13.4 Å². The van der Waals surface area contributed by atoms with Crippen molar-refractivity contribution in [3.05, 3.63) is 35.6 Å². The molecule has 1 aromatic carbocycles. The highest BCUT2D eigenvalue weighted by molar-refractivity contribution is 7.84. The van der Waals surface area contributed by atoms with Gasteiger partial charge >= 0.3 is 0 Å². The standard InChI is InChI=1S/C13H18FNO2S/c1-2-3-8-15-13(16)10-18(17)9-11-6-4-5-7-12(11)14/h4-7H,2-3,8-10H2,1H3,(H,15,16). The second-order valence-corrected chi connectivity index (χ2v) is 5.48. The number of benzene rings is 1. The highest BCUT2D eigenvalue weighted by Crippen LogP contribution is 2.08. The van der Waals surface area contributed by atoms with Gasteiger partial charge in [0.15, 0.2) is 0 Å². The van der Waals surface area contributed by atoms with Crippen LogP contribution in [-0.4, -0.2) is 22.4 Å². The van der Waals surface area contributed by atoms with Gasteiger partial charge in [-0.05, 0) is 12.5 Å². The zero-order valence-corrected chi connectivity index (χ0v) is 11.3. The van der Waals surface area contributed by atoms with E-state index in [-0.39, 0.29) is 23.2 Å². The van der Waals surface area contributed by atoms with E-state index in [9.17, 15) is 13.4 Å². The summed E-state index contributed by atoms with van der Waals surface area (Å²) in [6.45, 7) is 2.63. The average molecular weight is 271 g/mol. The molecule has 1 amide bonds. The lowest BCUT2D eigenvalue weighted by atomic mass is 10.2. The summed E-state index contributed by atoms with van der Waals surface area (Å²) in [5.74, 6) is -0.610. The van der Waals surface area contributed by atoms with Crippen molar-refractivity contribution in [3.8, 4) is 0 Å². The lowest BCUT2D eigenvalue weighted by molar-refractivity contribution is -0.118. The van der Waals surface area contributed by atoms with Gasteiger partial charge in [0, 0.05) is 22.9 Å². The van der Waals surface area contributed by atoms with Crippen LogP contribution in [0.4, 0.5) is 4.39 Å². The summed E-state index contributed by atoms with van der Waals surface area (Å²) in [5, 5.41) is 2.69. The van der Waals surface area contributed by atoms with E-state index in [1.807, 2.05) is 6.92 Å². The summed E-state index contributed by atoms with van der Waals surface area (Å²) in [4.78, 5) is 11.4. The number of hydrogen-bond acceptors (Lipinski definition) is 2. The van der Waals surface area contributed by atoms with Crippen LogP contribution >= 0.6 is 0 Å². The van der Waals surface area contributed by atoms with Crippen LogP contribution in [0.5, 0.6) is 0 Å². The monoisotopic (exact) mass is 271 g/mol. The van der Waals surface area contributed by atoms with E-state index in [0.717, 1.165) is 12.8 Å².